The van der Waals surface area contributed by atoms with E-state index in [1.54, 1.807) is 0 Å². The van der Waals surface area contributed by atoms with Gasteiger partial charge in [-0.3, -0.25) is 0 Å². The molecule has 2 nitrogen and oxygen atoms in total. The average molecular weight is 261 g/mol. The number of aromatic nitrogens is 2. The number of nitrogens with zero attached hydrogens (tertiary/aromatic N) is 2. The Morgan fingerprint density at radius 2 is 2.00 bits per heavy atom. The van der Waals surface area contributed by atoms with Crippen molar-refractivity contribution in [2.24, 2.45) is 0 Å². The van der Waals surface area contributed by atoms with Crippen LogP contribution in [0, 0.1) is 6.92 Å². The van der Waals surface area contributed by atoms with Gasteiger partial charge in [0.1, 0.15) is 5.82 Å². The number of aryl methyl sites for hydroxylation is 1. The smallest absolute Gasteiger partial charge is 0.125 e. The predicted molar refractivity (Wildman–Crippen MR) is 63.0 cm³/mol. The van der Waals surface area contributed by atoms with Crippen LogP contribution < -0.4 is 0 Å². The Morgan fingerprint density at radius 1 is 1.20 bits per heavy atom. The van der Waals surface area contributed by atoms with Crippen LogP contribution in [0.25, 0.3) is 11.3 Å². The first-order valence-electron chi connectivity index (χ1n) is 4.84. The van der Waals surface area contributed by atoms with Crippen LogP contribution in [0.4, 0.5) is 0 Å². The van der Waals surface area contributed by atoms with Gasteiger partial charge in [-0.15, -0.1) is 0 Å². The van der Waals surface area contributed by atoms with Crippen molar-refractivity contribution < 1.29 is 0 Å². The molecule has 0 bridgehead atoms. The lowest BCUT2D eigenvalue weighted by molar-refractivity contribution is 1.03. The fourth-order valence-corrected chi connectivity index (χ4v) is 2.72. The third kappa shape index (κ3) is 1.23. The molecule has 3 rings (SSSR count). The van der Waals surface area contributed by atoms with E-state index in [1.807, 2.05) is 19.2 Å². The lowest BCUT2D eigenvalue weighted by Crippen LogP contribution is -1.92. The van der Waals surface area contributed by atoms with Crippen LogP contribution in [0.5, 0.6) is 0 Å². The molecule has 1 atom stereocenters. The molecule has 3 heteroatoms. The molecule has 1 aromatic heterocycles. The minimum absolute atomic E-state index is 0.240. The summed E-state index contributed by atoms with van der Waals surface area (Å²) in [5.74, 6) is 0.824. The van der Waals surface area contributed by atoms with E-state index < -0.39 is 0 Å². The van der Waals surface area contributed by atoms with Gasteiger partial charge in [-0.05, 0) is 12.5 Å². The molecule has 0 fully saturated rings. The zero-order valence-corrected chi connectivity index (χ0v) is 9.82. The zero-order valence-electron chi connectivity index (χ0n) is 8.24. The SMILES string of the molecule is Cc1ncc2c(n1)-c1ccccc1C2Br. The largest absolute Gasteiger partial charge is 0.241 e. The molecule has 1 aromatic carbocycles. The Bertz CT molecular complexity index is 537. The molecule has 0 aliphatic heterocycles. The lowest BCUT2D eigenvalue weighted by atomic mass is 10.1. The quantitative estimate of drug-likeness (QED) is 0.680. The molecule has 0 radical (unpaired) electrons. The summed E-state index contributed by atoms with van der Waals surface area (Å²) < 4.78 is 0. The summed E-state index contributed by atoms with van der Waals surface area (Å²) >= 11 is 3.68. The number of alkyl halides is 1. The van der Waals surface area contributed by atoms with Crippen molar-refractivity contribution in [2.45, 2.75) is 11.8 Å². The average Bonchev–Trinajstić information content (AvgIpc) is 2.54. The highest BCUT2D eigenvalue weighted by atomic mass is 79.9. The number of benzene rings is 1. The summed E-state index contributed by atoms with van der Waals surface area (Å²) in [5, 5.41) is 0. The van der Waals surface area contributed by atoms with Crippen molar-refractivity contribution in [3.05, 3.63) is 47.4 Å². The highest BCUT2D eigenvalue weighted by Gasteiger charge is 2.27. The topological polar surface area (TPSA) is 25.8 Å². The van der Waals surface area contributed by atoms with Gasteiger partial charge in [-0.2, -0.15) is 0 Å². The Labute approximate surface area is 96.5 Å². The molecule has 0 saturated carbocycles. The highest BCUT2D eigenvalue weighted by Crippen LogP contribution is 2.46. The van der Waals surface area contributed by atoms with Crippen LogP contribution in [0.2, 0.25) is 0 Å². The maximum Gasteiger partial charge on any atom is 0.125 e. The predicted octanol–water partition coefficient (Wildman–Crippen LogP) is 3.25. The lowest BCUT2D eigenvalue weighted by Gasteiger charge is -2.02. The molecule has 15 heavy (non-hydrogen) atoms. The van der Waals surface area contributed by atoms with Crippen molar-refractivity contribution >= 4 is 15.9 Å². The summed E-state index contributed by atoms with van der Waals surface area (Å²) in [6.07, 6.45) is 1.91. The van der Waals surface area contributed by atoms with Gasteiger partial charge in [0, 0.05) is 17.3 Å². The summed E-state index contributed by atoms with van der Waals surface area (Å²) in [7, 11) is 0. The molecule has 0 saturated heterocycles. The Balaban J connectivity index is 2.34. The minimum Gasteiger partial charge on any atom is -0.241 e. The van der Waals surface area contributed by atoms with Crippen LogP contribution in [0.3, 0.4) is 0 Å². The standard InChI is InChI=1S/C12H9BrN2/c1-7-14-6-10-11(13)8-4-2-3-5-9(8)12(10)15-7/h2-6,11H,1H3. The Morgan fingerprint density at radius 3 is 2.87 bits per heavy atom. The number of fused-ring (bicyclic) bond motifs is 3. The molecule has 74 valence electrons. The normalized spacial score (nSPS) is 17.3. The van der Waals surface area contributed by atoms with Gasteiger partial charge in [-0.1, -0.05) is 40.2 Å². The maximum atomic E-state index is 4.50. The van der Waals surface area contributed by atoms with Crippen LogP contribution in [0.15, 0.2) is 30.5 Å². The monoisotopic (exact) mass is 260 g/mol. The summed E-state index contributed by atoms with van der Waals surface area (Å²) in [6, 6.07) is 8.35. The highest BCUT2D eigenvalue weighted by molar-refractivity contribution is 9.09. The van der Waals surface area contributed by atoms with E-state index >= 15 is 0 Å². The molecule has 0 spiro atoms. The van der Waals surface area contributed by atoms with Gasteiger partial charge in [0.15, 0.2) is 0 Å². The van der Waals surface area contributed by atoms with E-state index in [1.165, 1.54) is 16.7 Å². The van der Waals surface area contributed by atoms with Crippen LogP contribution in [-0.4, -0.2) is 9.97 Å². The van der Waals surface area contributed by atoms with E-state index in [0.29, 0.717) is 0 Å². The molecule has 1 aliphatic carbocycles. The summed E-state index contributed by atoms with van der Waals surface area (Å²) in [6.45, 7) is 1.92. The molecular formula is C12H9BrN2. The van der Waals surface area contributed by atoms with E-state index in [-0.39, 0.29) is 4.83 Å². The molecular weight excluding hydrogens is 252 g/mol. The van der Waals surface area contributed by atoms with Gasteiger partial charge < -0.3 is 0 Å². The minimum atomic E-state index is 0.240. The van der Waals surface area contributed by atoms with Crippen molar-refractivity contribution in [1.82, 2.24) is 9.97 Å². The van der Waals surface area contributed by atoms with E-state index in [4.69, 9.17) is 0 Å². The Kier molecular flexibility index (Phi) is 1.89. The third-order valence-electron chi connectivity index (χ3n) is 2.70. The van der Waals surface area contributed by atoms with Crippen LogP contribution >= 0.6 is 15.9 Å². The fourth-order valence-electron chi connectivity index (χ4n) is 1.98. The molecule has 1 heterocycles. The molecule has 1 unspecified atom stereocenters. The van der Waals surface area contributed by atoms with Gasteiger partial charge in [0.25, 0.3) is 0 Å². The van der Waals surface area contributed by atoms with Crippen LogP contribution in [-0.2, 0) is 0 Å². The second kappa shape index (κ2) is 3.14. The third-order valence-corrected chi connectivity index (χ3v) is 3.69. The Hall–Kier alpha value is -1.22. The maximum absolute atomic E-state index is 4.50. The summed E-state index contributed by atoms with van der Waals surface area (Å²) in [4.78, 5) is 8.99. The first kappa shape index (κ1) is 9.04. The molecule has 1 aliphatic rings. The first-order chi connectivity index (χ1) is 7.27. The van der Waals surface area contributed by atoms with Crippen molar-refractivity contribution in [2.75, 3.05) is 0 Å². The summed E-state index contributed by atoms with van der Waals surface area (Å²) in [5.41, 5.74) is 4.74. The van der Waals surface area contributed by atoms with Gasteiger partial charge in [-0.25, -0.2) is 9.97 Å². The van der Waals surface area contributed by atoms with Crippen molar-refractivity contribution in [3.8, 4) is 11.3 Å². The number of rotatable bonds is 0. The van der Waals surface area contributed by atoms with Gasteiger partial charge >= 0.3 is 0 Å². The zero-order chi connectivity index (χ0) is 10.4. The van der Waals surface area contributed by atoms with E-state index in [9.17, 15) is 0 Å². The van der Waals surface area contributed by atoms with Gasteiger partial charge in [0.05, 0.1) is 10.5 Å². The molecule has 0 N–H and O–H groups in total. The number of hydrogen-bond donors (Lipinski definition) is 0. The van der Waals surface area contributed by atoms with Crippen LogP contribution in [0.1, 0.15) is 21.8 Å². The second-order valence-electron chi connectivity index (χ2n) is 3.67. The first-order valence-corrected chi connectivity index (χ1v) is 5.76. The second-order valence-corrected chi connectivity index (χ2v) is 4.59. The molecule has 0 amide bonds. The fraction of sp³-hybridized carbons (Fsp3) is 0.167. The number of hydrogen-bond acceptors (Lipinski definition) is 2. The van der Waals surface area contributed by atoms with E-state index in [2.05, 4.69) is 44.1 Å². The molecule has 2 aromatic rings. The van der Waals surface area contributed by atoms with E-state index in [0.717, 1.165) is 11.5 Å². The van der Waals surface area contributed by atoms with Crippen molar-refractivity contribution in [1.29, 1.82) is 0 Å². The number of halogens is 1. The van der Waals surface area contributed by atoms with Crippen molar-refractivity contribution in [3.63, 3.8) is 0 Å². The van der Waals surface area contributed by atoms with Gasteiger partial charge in [0.2, 0.25) is 0 Å².